The van der Waals surface area contributed by atoms with E-state index in [2.05, 4.69) is 24.8 Å². The molecule has 0 aliphatic carbocycles. The minimum atomic E-state index is 0.622. The Morgan fingerprint density at radius 1 is 1.35 bits per heavy atom. The van der Waals surface area contributed by atoms with Crippen molar-refractivity contribution in [3.05, 3.63) is 28.8 Å². The largest absolute Gasteiger partial charge is 0.370 e. The van der Waals surface area contributed by atoms with E-state index in [0.717, 1.165) is 24.7 Å². The van der Waals surface area contributed by atoms with Crippen LogP contribution in [0, 0.1) is 23.2 Å². The Balaban J connectivity index is 2.21. The Bertz CT molecular complexity index is 450. The van der Waals surface area contributed by atoms with Gasteiger partial charge >= 0.3 is 0 Å². The first-order chi connectivity index (χ1) is 8.11. The molecular weight excluding hydrogens is 232 g/mol. The Morgan fingerprint density at radius 3 is 2.71 bits per heavy atom. The van der Waals surface area contributed by atoms with Gasteiger partial charge in [0.2, 0.25) is 0 Å². The Labute approximate surface area is 108 Å². The summed E-state index contributed by atoms with van der Waals surface area (Å²) >= 11 is 6.23. The van der Waals surface area contributed by atoms with Crippen LogP contribution in [0.25, 0.3) is 0 Å². The van der Waals surface area contributed by atoms with Gasteiger partial charge in [-0.2, -0.15) is 5.26 Å². The highest BCUT2D eigenvalue weighted by atomic mass is 35.5. The van der Waals surface area contributed by atoms with E-state index in [1.165, 1.54) is 6.42 Å². The van der Waals surface area contributed by atoms with E-state index in [9.17, 15) is 0 Å². The van der Waals surface area contributed by atoms with Crippen molar-refractivity contribution >= 4 is 17.3 Å². The van der Waals surface area contributed by atoms with E-state index < -0.39 is 0 Å². The summed E-state index contributed by atoms with van der Waals surface area (Å²) in [7, 11) is 0. The minimum absolute atomic E-state index is 0.622. The molecular formula is C14H17ClN2. The molecule has 2 unspecified atom stereocenters. The number of benzene rings is 1. The van der Waals surface area contributed by atoms with E-state index in [1.807, 2.05) is 12.1 Å². The molecule has 2 rings (SSSR count). The molecule has 90 valence electrons. The highest BCUT2D eigenvalue weighted by molar-refractivity contribution is 6.33. The highest BCUT2D eigenvalue weighted by Crippen LogP contribution is 2.32. The lowest BCUT2D eigenvalue weighted by Gasteiger charge is -2.37. The maximum atomic E-state index is 8.82. The molecule has 2 nitrogen and oxygen atoms in total. The molecule has 1 aromatic carbocycles. The van der Waals surface area contributed by atoms with Crippen LogP contribution in [0.2, 0.25) is 5.02 Å². The molecule has 0 amide bonds. The first-order valence-electron chi connectivity index (χ1n) is 6.06. The molecule has 0 bridgehead atoms. The lowest BCUT2D eigenvalue weighted by molar-refractivity contribution is 0.324. The van der Waals surface area contributed by atoms with Crippen LogP contribution in [0.4, 0.5) is 5.69 Å². The van der Waals surface area contributed by atoms with E-state index in [4.69, 9.17) is 16.9 Å². The van der Waals surface area contributed by atoms with Crippen molar-refractivity contribution in [1.82, 2.24) is 0 Å². The molecule has 0 saturated carbocycles. The van der Waals surface area contributed by atoms with Gasteiger partial charge in [-0.15, -0.1) is 0 Å². The first-order valence-corrected chi connectivity index (χ1v) is 6.44. The molecule has 1 heterocycles. The van der Waals surface area contributed by atoms with Crippen molar-refractivity contribution in [2.75, 3.05) is 18.0 Å². The molecule has 3 heteroatoms. The molecule has 2 atom stereocenters. The summed E-state index contributed by atoms with van der Waals surface area (Å²) in [6.45, 7) is 6.70. The van der Waals surface area contributed by atoms with Gasteiger partial charge in [0, 0.05) is 13.1 Å². The van der Waals surface area contributed by atoms with Crippen molar-refractivity contribution < 1.29 is 0 Å². The van der Waals surface area contributed by atoms with Gasteiger partial charge in [-0.1, -0.05) is 25.4 Å². The summed E-state index contributed by atoms with van der Waals surface area (Å²) in [6, 6.07) is 7.66. The summed E-state index contributed by atoms with van der Waals surface area (Å²) in [5.74, 6) is 1.47. The van der Waals surface area contributed by atoms with Crippen LogP contribution in [-0.2, 0) is 0 Å². The van der Waals surface area contributed by atoms with Crippen LogP contribution < -0.4 is 4.90 Å². The molecule has 0 aromatic heterocycles. The fourth-order valence-corrected chi connectivity index (χ4v) is 2.61. The smallest absolute Gasteiger partial charge is 0.0992 e. The average molecular weight is 249 g/mol. The van der Waals surface area contributed by atoms with Gasteiger partial charge in [0.25, 0.3) is 0 Å². The fourth-order valence-electron chi connectivity index (χ4n) is 2.31. The number of nitrogens with zero attached hydrogens (tertiary/aromatic N) is 2. The monoisotopic (exact) mass is 248 g/mol. The number of hydrogen-bond donors (Lipinski definition) is 0. The van der Waals surface area contributed by atoms with Gasteiger partial charge < -0.3 is 4.90 Å². The van der Waals surface area contributed by atoms with Gasteiger partial charge in [0.1, 0.15) is 0 Å². The van der Waals surface area contributed by atoms with Crippen LogP contribution in [0.1, 0.15) is 25.8 Å². The Morgan fingerprint density at radius 2 is 2.12 bits per heavy atom. The predicted molar refractivity (Wildman–Crippen MR) is 71.3 cm³/mol. The van der Waals surface area contributed by atoms with Crippen LogP contribution in [0.5, 0.6) is 0 Å². The van der Waals surface area contributed by atoms with Crippen molar-refractivity contribution in [3.63, 3.8) is 0 Å². The number of piperidine rings is 1. The normalized spacial score (nSPS) is 24.5. The zero-order valence-corrected chi connectivity index (χ0v) is 11.0. The van der Waals surface area contributed by atoms with Gasteiger partial charge in [-0.25, -0.2) is 0 Å². The number of hydrogen-bond acceptors (Lipinski definition) is 2. The van der Waals surface area contributed by atoms with E-state index in [-0.39, 0.29) is 0 Å². The summed E-state index contributed by atoms with van der Waals surface area (Å²) < 4.78 is 0. The topological polar surface area (TPSA) is 27.0 Å². The van der Waals surface area contributed by atoms with E-state index >= 15 is 0 Å². The Kier molecular flexibility index (Phi) is 3.59. The van der Waals surface area contributed by atoms with Crippen LogP contribution >= 0.6 is 11.6 Å². The van der Waals surface area contributed by atoms with Gasteiger partial charge in [-0.05, 0) is 36.5 Å². The molecule has 0 radical (unpaired) electrons. The second-order valence-corrected chi connectivity index (χ2v) is 5.37. The lowest BCUT2D eigenvalue weighted by Crippen LogP contribution is -2.38. The number of nitriles is 1. The second-order valence-electron chi connectivity index (χ2n) is 4.97. The summed E-state index contributed by atoms with van der Waals surface area (Å²) in [6.07, 6.45) is 1.21. The predicted octanol–water partition coefficient (Wildman–Crippen LogP) is 3.69. The van der Waals surface area contributed by atoms with Gasteiger partial charge in [0.05, 0.1) is 22.3 Å². The van der Waals surface area contributed by atoms with Crippen molar-refractivity contribution in [2.24, 2.45) is 11.8 Å². The van der Waals surface area contributed by atoms with Crippen LogP contribution in [0.3, 0.4) is 0 Å². The Hall–Kier alpha value is -1.20. The van der Waals surface area contributed by atoms with E-state index in [0.29, 0.717) is 16.5 Å². The maximum Gasteiger partial charge on any atom is 0.0992 e. The maximum absolute atomic E-state index is 8.82. The standard InChI is InChI=1S/C14H17ClN2/c1-10-5-6-17(9-11(10)2)14-4-3-12(8-16)7-13(14)15/h3-4,7,10-11H,5-6,9H2,1-2H3. The van der Waals surface area contributed by atoms with Crippen LogP contribution in [-0.4, -0.2) is 13.1 Å². The quantitative estimate of drug-likeness (QED) is 0.758. The fraction of sp³-hybridized carbons (Fsp3) is 0.500. The average Bonchev–Trinajstić information content (AvgIpc) is 2.32. The first kappa shape index (κ1) is 12.3. The number of halogens is 1. The molecule has 0 spiro atoms. The minimum Gasteiger partial charge on any atom is -0.370 e. The van der Waals surface area contributed by atoms with Crippen LogP contribution in [0.15, 0.2) is 18.2 Å². The number of anilines is 1. The molecule has 17 heavy (non-hydrogen) atoms. The molecule has 1 saturated heterocycles. The number of rotatable bonds is 1. The van der Waals surface area contributed by atoms with E-state index in [1.54, 1.807) is 6.07 Å². The summed E-state index contributed by atoms with van der Waals surface area (Å²) in [5.41, 5.74) is 1.68. The highest BCUT2D eigenvalue weighted by Gasteiger charge is 2.23. The molecule has 1 fully saturated rings. The van der Waals surface area contributed by atoms with Crippen molar-refractivity contribution in [3.8, 4) is 6.07 Å². The molecule has 1 aliphatic rings. The summed E-state index contributed by atoms with van der Waals surface area (Å²) in [5, 5.41) is 9.50. The summed E-state index contributed by atoms with van der Waals surface area (Å²) in [4.78, 5) is 2.33. The van der Waals surface area contributed by atoms with Crippen molar-refractivity contribution in [2.45, 2.75) is 20.3 Å². The third-order valence-corrected chi connectivity index (χ3v) is 4.05. The lowest BCUT2D eigenvalue weighted by atomic mass is 9.88. The zero-order chi connectivity index (χ0) is 12.4. The third-order valence-electron chi connectivity index (χ3n) is 3.75. The van der Waals surface area contributed by atoms with Gasteiger partial charge in [0.15, 0.2) is 0 Å². The molecule has 1 aliphatic heterocycles. The third kappa shape index (κ3) is 2.56. The SMILES string of the molecule is CC1CCN(c2ccc(C#N)cc2Cl)CC1C. The van der Waals surface area contributed by atoms with Gasteiger partial charge in [-0.3, -0.25) is 0 Å². The second kappa shape index (κ2) is 4.98. The van der Waals surface area contributed by atoms with Crippen molar-refractivity contribution in [1.29, 1.82) is 5.26 Å². The zero-order valence-electron chi connectivity index (χ0n) is 10.3. The molecule has 1 aromatic rings. The molecule has 0 N–H and O–H groups in total.